The van der Waals surface area contributed by atoms with Crippen molar-refractivity contribution in [2.75, 3.05) is 19.8 Å². The molecule has 0 rings (SSSR count). The number of hydrogen-bond acceptors (Lipinski definition) is 2. The fraction of sp³-hybridized carbons (Fsp3) is 1.00. The van der Waals surface area contributed by atoms with E-state index in [4.69, 9.17) is 9.84 Å². The summed E-state index contributed by atoms with van der Waals surface area (Å²) >= 11 is 0. The van der Waals surface area contributed by atoms with E-state index in [9.17, 15) is 0 Å². The molecule has 0 radical (unpaired) electrons. The first-order valence-corrected chi connectivity index (χ1v) is 12.4. The predicted molar refractivity (Wildman–Crippen MR) is 120 cm³/mol. The first kappa shape index (κ1) is 26.9. The lowest BCUT2D eigenvalue weighted by Crippen LogP contribution is -2.19. The summed E-state index contributed by atoms with van der Waals surface area (Å²) in [6, 6.07) is 0. The molecule has 0 aliphatic rings. The van der Waals surface area contributed by atoms with Crippen molar-refractivity contribution in [3.63, 3.8) is 0 Å². The van der Waals surface area contributed by atoms with Crippen molar-refractivity contribution >= 4 is 0 Å². The molecule has 0 aromatic rings. The standard InChI is InChI=1S/C25H52O2/c1-4-6-8-10-11-12-13-14-15-16-18-20-25(23-27-22-21-26)24(3)19-17-9-7-5-2/h24-26H,4-23H2,1-3H3. The monoisotopic (exact) mass is 384 g/mol. The Morgan fingerprint density at radius 1 is 0.630 bits per heavy atom. The molecule has 2 nitrogen and oxygen atoms in total. The summed E-state index contributed by atoms with van der Waals surface area (Å²) in [6.07, 6.45) is 23.6. The summed E-state index contributed by atoms with van der Waals surface area (Å²) < 4.78 is 5.69. The molecule has 0 saturated heterocycles. The van der Waals surface area contributed by atoms with E-state index in [1.165, 1.54) is 109 Å². The summed E-state index contributed by atoms with van der Waals surface area (Å²) in [7, 11) is 0. The van der Waals surface area contributed by atoms with E-state index < -0.39 is 0 Å². The SMILES string of the molecule is CCCCCCCCCCCCCC(COCCO)C(C)CCCCCC. The third-order valence-electron chi connectivity index (χ3n) is 6.06. The first-order valence-electron chi connectivity index (χ1n) is 12.4. The Hall–Kier alpha value is -0.0800. The molecule has 0 fully saturated rings. The van der Waals surface area contributed by atoms with Gasteiger partial charge >= 0.3 is 0 Å². The zero-order chi connectivity index (χ0) is 20.0. The van der Waals surface area contributed by atoms with Crippen LogP contribution in [0.5, 0.6) is 0 Å². The molecule has 2 unspecified atom stereocenters. The van der Waals surface area contributed by atoms with Gasteiger partial charge in [0.15, 0.2) is 0 Å². The van der Waals surface area contributed by atoms with Gasteiger partial charge in [-0.15, -0.1) is 0 Å². The number of hydrogen-bond donors (Lipinski definition) is 1. The van der Waals surface area contributed by atoms with Crippen LogP contribution in [0.25, 0.3) is 0 Å². The van der Waals surface area contributed by atoms with Crippen LogP contribution in [-0.2, 0) is 4.74 Å². The van der Waals surface area contributed by atoms with E-state index in [0.29, 0.717) is 12.5 Å². The lowest BCUT2D eigenvalue weighted by atomic mass is 9.85. The molecule has 0 heterocycles. The van der Waals surface area contributed by atoms with Crippen LogP contribution >= 0.6 is 0 Å². The van der Waals surface area contributed by atoms with Gasteiger partial charge in [0.2, 0.25) is 0 Å². The summed E-state index contributed by atoms with van der Waals surface area (Å²) in [4.78, 5) is 0. The lowest BCUT2D eigenvalue weighted by molar-refractivity contribution is 0.0485. The average Bonchev–Trinajstić information content (AvgIpc) is 2.68. The highest BCUT2D eigenvalue weighted by Crippen LogP contribution is 2.25. The molecule has 0 spiro atoms. The normalized spacial score (nSPS) is 13.8. The average molecular weight is 385 g/mol. The minimum atomic E-state index is 0.149. The topological polar surface area (TPSA) is 29.5 Å². The fourth-order valence-electron chi connectivity index (χ4n) is 4.03. The van der Waals surface area contributed by atoms with Crippen LogP contribution in [0, 0.1) is 11.8 Å². The number of aliphatic hydroxyl groups is 1. The Kier molecular flexibility index (Phi) is 22.1. The molecule has 0 saturated carbocycles. The van der Waals surface area contributed by atoms with Gasteiger partial charge in [-0.05, 0) is 18.3 Å². The second kappa shape index (κ2) is 22.2. The quantitative estimate of drug-likeness (QED) is 0.192. The minimum Gasteiger partial charge on any atom is -0.394 e. The van der Waals surface area contributed by atoms with Crippen molar-refractivity contribution in [1.82, 2.24) is 0 Å². The molecule has 0 bridgehead atoms. The maximum atomic E-state index is 8.97. The van der Waals surface area contributed by atoms with E-state index in [2.05, 4.69) is 20.8 Å². The molecule has 0 aromatic heterocycles. The van der Waals surface area contributed by atoms with Gasteiger partial charge in [-0.3, -0.25) is 0 Å². The second-order valence-electron chi connectivity index (χ2n) is 8.71. The summed E-state index contributed by atoms with van der Waals surface area (Å²) in [6.45, 7) is 8.47. The number of aliphatic hydroxyl groups excluding tert-OH is 1. The third-order valence-corrected chi connectivity index (χ3v) is 6.06. The van der Waals surface area contributed by atoms with E-state index in [0.717, 1.165) is 12.5 Å². The van der Waals surface area contributed by atoms with Gasteiger partial charge in [0.1, 0.15) is 0 Å². The molecule has 0 amide bonds. The molecular formula is C25H52O2. The van der Waals surface area contributed by atoms with Crippen LogP contribution in [0.1, 0.15) is 130 Å². The molecule has 2 heteroatoms. The number of ether oxygens (including phenoxy) is 1. The van der Waals surface area contributed by atoms with Gasteiger partial charge in [0.25, 0.3) is 0 Å². The van der Waals surface area contributed by atoms with Crippen molar-refractivity contribution < 1.29 is 9.84 Å². The van der Waals surface area contributed by atoms with Gasteiger partial charge in [0.05, 0.1) is 13.2 Å². The smallest absolute Gasteiger partial charge is 0.0697 e. The highest BCUT2D eigenvalue weighted by molar-refractivity contribution is 4.67. The molecule has 27 heavy (non-hydrogen) atoms. The molecule has 1 N–H and O–H groups in total. The van der Waals surface area contributed by atoms with Gasteiger partial charge in [-0.25, -0.2) is 0 Å². The third kappa shape index (κ3) is 19.0. The van der Waals surface area contributed by atoms with Gasteiger partial charge in [-0.1, -0.05) is 124 Å². The molecule has 0 aliphatic carbocycles. The van der Waals surface area contributed by atoms with Crippen LogP contribution in [0.2, 0.25) is 0 Å². The van der Waals surface area contributed by atoms with Crippen LogP contribution < -0.4 is 0 Å². The molecule has 0 aliphatic heterocycles. The lowest BCUT2D eigenvalue weighted by Gasteiger charge is -2.24. The van der Waals surface area contributed by atoms with Crippen molar-refractivity contribution in [2.24, 2.45) is 11.8 Å². The Bertz CT molecular complexity index is 267. The Balaban J connectivity index is 3.74. The van der Waals surface area contributed by atoms with Crippen molar-refractivity contribution in [1.29, 1.82) is 0 Å². The zero-order valence-corrected chi connectivity index (χ0v) is 19.2. The molecule has 0 aromatic carbocycles. The van der Waals surface area contributed by atoms with Crippen molar-refractivity contribution in [2.45, 2.75) is 130 Å². The molecule has 2 atom stereocenters. The van der Waals surface area contributed by atoms with Crippen LogP contribution in [0.15, 0.2) is 0 Å². The second-order valence-corrected chi connectivity index (χ2v) is 8.71. The maximum absolute atomic E-state index is 8.97. The first-order chi connectivity index (χ1) is 13.3. The zero-order valence-electron chi connectivity index (χ0n) is 19.2. The Morgan fingerprint density at radius 2 is 1.07 bits per heavy atom. The molecule has 164 valence electrons. The van der Waals surface area contributed by atoms with Gasteiger partial charge in [-0.2, -0.15) is 0 Å². The summed E-state index contributed by atoms with van der Waals surface area (Å²) in [5.41, 5.74) is 0. The van der Waals surface area contributed by atoms with Crippen LogP contribution in [0.4, 0.5) is 0 Å². The highest BCUT2D eigenvalue weighted by Gasteiger charge is 2.17. The highest BCUT2D eigenvalue weighted by atomic mass is 16.5. The number of unbranched alkanes of at least 4 members (excludes halogenated alkanes) is 13. The Morgan fingerprint density at radius 3 is 1.59 bits per heavy atom. The molecular weight excluding hydrogens is 332 g/mol. The largest absolute Gasteiger partial charge is 0.394 e. The van der Waals surface area contributed by atoms with Crippen LogP contribution in [-0.4, -0.2) is 24.9 Å². The summed E-state index contributed by atoms with van der Waals surface area (Å²) in [5, 5.41) is 8.97. The number of rotatable bonds is 22. The van der Waals surface area contributed by atoms with Crippen LogP contribution in [0.3, 0.4) is 0 Å². The van der Waals surface area contributed by atoms with E-state index in [-0.39, 0.29) is 6.61 Å². The predicted octanol–water partition coefficient (Wildman–Crippen LogP) is 7.92. The fourth-order valence-corrected chi connectivity index (χ4v) is 4.03. The van der Waals surface area contributed by atoms with Crippen molar-refractivity contribution in [3.8, 4) is 0 Å². The van der Waals surface area contributed by atoms with E-state index >= 15 is 0 Å². The van der Waals surface area contributed by atoms with Crippen molar-refractivity contribution in [3.05, 3.63) is 0 Å². The maximum Gasteiger partial charge on any atom is 0.0697 e. The van der Waals surface area contributed by atoms with E-state index in [1.807, 2.05) is 0 Å². The van der Waals surface area contributed by atoms with Gasteiger partial charge in [0, 0.05) is 6.61 Å². The minimum absolute atomic E-state index is 0.149. The van der Waals surface area contributed by atoms with E-state index in [1.54, 1.807) is 0 Å². The van der Waals surface area contributed by atoms with Gasteiger partial charge < -0.3 is 9.84 Å². The summed E-state index contributed by atoms with van der Waals surface area (Å²) in [5.74, 6) is 1.43. The Labute approximate surface area is 171 Å².